The summed E-state index contributed by atoms with van der Waals surface area (Å²) in [6.45, 7) is 2.50. The Morgan fingerprint density at radius 2 is 0.944 bits per heavy atom. The van der Waals surface area contributed by atoms with Gasteiger partial charge in [0.15, 0.2) is 0 Å². The molecular formula is C7H9F6NO4. The average molecular weight is 285 g/mol. The molecule has 0 aliphatic carbocycles. The first kappa shape index (κ1) is 18.8. The molecule has 1 rings (SSSR count). The highest BCUT2D eigenvalue weighted by Crippen LogP contribution is 2.13. The van der Waals surface area contributed by atoms with Gasteiger partial charge in [0.05, 0.1) is 0 Å². The third kappa shape index (κ3) is 12.5. The molecule has 0 unspecified atom stereocenters. The van der Waals surface area contributed by atoms with Crippen molar-refractivity contribution in [2.75, 3.05) is 13.1 Å². The largest absolute Gasteiger partial charge is 0.490 e. The number of rotatable bonds is 0. The van der Waals surface area contributed by atoms with Crippen molar-refractivity contribution < 1.29 is 46.1 Å². The summed E-state index contributed by atoms with van der Waals surface area (Å²) in [5.41, 5.74) is 0. The van der Waals surface area contributed by atoms with E-state index in [1.165, 1.54) is 19.5 Å². The van der Waals surface area contributed by atoms with E-state index in [1.807, 2.05) is 0 Å². The van der Waals surface area contributed by atoms with E-state index in [0.29, 0.717) is 0 Å². The number of carbonyl (C=O) groups is 2. The molecule has 0 radical (unpaired) electrons. The van der Waals surface area contributed by atoms with Gasteiger partial charge in [-0.25, -0.2) is 9.59 Å². The number of nitrogens with one attached hydrogen (secondary N) is 1. The first-order valence-corrected chi connectivity index (χ1v) is 4.20. The van der Waals surface area contributed by atoms with Crippen LogP contribution in [0.1, 0.15) is 6.42 Å². The maximum atomic E-state index is 10.6. The van der Waals surface area contributed by atoms with Gasteiger partial charge in [0.1, 0.15) is 0 Å². The molecule has 18 heavy (non-hydrogen) atoms. The fraction of sp³-hybridized carbons (Fsp3) is 0.714. The van der Waals surface area contributed by atoms with Gasteiger partial charge >= 0.3 is 24.3 Å². The van der Waals surface area contributed by atoms with Crippen molar-refractivity contribution >= 4 is 11.9 Å². The number of carboxylic acids is 2. The molecule has 1 fully saturated rings. The molecule has 3 N–H and O–H groups in total. The number of hydrogen-bond acceptors (Lipinski definition) is 3. The van der Waals surface area contributed by atoms with Gasteiger partial charge in [0, 0.05) is 0 Å². The summed E-state index contributed by atoms with van der Waals surface area (Å²) in [5.74, 6) is -5.51. The average Bonchev–Trinajstić information content (AvgIpc) is 1.97. The normalized spacial score (nSPS) is 14.1. The molecule has 108 valence electrons. The van der Waals surface area contributed by atoms with Crippen LogP contribution in [0.4, 0.5) is 26.3 Å². The van der Waals surface area contributed by atoms with Crippen molar-refractivity contribution in [2.45, 2.75) is 18.8 Å². The Morgan fingerprint density at radius 1 is 0.833 bits per heavy atom. The van der Waals surface area contributed by atoms with E-state index in [0.717, 1.165) is 0 Å². The summed E-state index contributed by atoms with van der Waals surface area (Å²) in [6.07, 6.45) is -8.78. The lowest BCUT2D eigenvalue weighted by Crippen LogP contribution is -2.29. The van der Waals surface area contributed by atoms with Crippen LogP contribution in [-0.4, -0.2) is 47.6 Å². The Bertz CT molecular complexity index is 242. The first-order valence-electron chi connectivity index (χ1n) is 4.20. The summed E-state index contributed by atoms with van der Waals surface area (Å²) < 4.78 is 63.5. The second-order valence-corrected chi connectivity index (χ2v) is 2.71. The topological polar surface area (TPSA) is 86.6 Å². The Labute approximate surface area is 96.4 Å². The van der Waals surface area contributed by atoms with Gasteiger partial charge in [-0.1, -0.05) is 0 Å². The highest BCUT2D eigenvalue weighted by Gasteiger charge is 2.38. The molecule has 1 aliphatic rings. The smallest absolute Gasteiger partial charge is 0.475 e. The molecule has 0 amide bonds. The predicted octanol–water partition coefficient (Wildman–Crippen LogP) is 1.25. The van der Waals surface area contributed by atoms with Crippen LogP contribution in [0.25, 0.3) is 0 Å². The Kier molecular flexibility index (Phi) is 8.10. The molecule has 0 aromatic rings. The summed E-state index contributed by atoms with van der Waals surface area (Å²) in [4.78, 5) is 17.8. The van der Waals surface area contributed by atoms with Gasteiger partial charge in [0.2, 0.25) is 0 Å². The maximum absolute atomic E-state index is 10.6. The molecule has 1 heterocycles. The second-order valence-electron chi connectivity index (χ2n) is 2.71. The zero-order valence-electron chi connectivity index (χ0n) is 8.60. The van der Waals surface area contributed by atoms with Crippen LogP contribution in [0.15, 0.2) is 0 Å². The molecule has 5 nitrogen and oxygen atoms in total. The van der Waals surface area contributed by atoms with E-state index >= 15 is 0 Å². The lowest BCUT2D eigenvalue weighted by atomic mass is 10.3. The minimum absolute atomic E-state index is 1.25. The highest BCUT2D eigenvalue weighted by atomic mass is 19.4. The Balaban J connectivity index is 0. The van der Waals surface area contributed by atoms with Crippen LogP contribution in [0.2, 0.25) is 0 Å². The minimum atomic E-state index is -5.08. The molecule has 0 saturated carbocycles. The highest BCUT2D eigenvalue weighted by molar-refractivity contribution is 5.73. The van der Waals surface area contributed by atoms with Gasteiger partial charge in [-0.2, -0.15) is 26.3 Å². The van der Waals surface area contributed by atoms with Crippen LogP contribution in [0, 0.1) is 0 Å². The van der Waals surface area contributed by atoms with E-state index in [4.69, 9.17) is 19.8 Å². The van der Waals surface area contributed by atoms with E-state index in [-0.39, 0.29) is 0 Å². The van der Waals surface area contributed by atoms with Crippen LogP contribution in [0.3, 0.4) is 0 Å². The first-order chi connectivity index (χ1) is 7.89. The van der Waals surface area contributed by atoms with Gasteiger partial charge in [-0.05, 0) is 19.5 Å². The lowest BCUT2D eigenvalue weighted by Gasteiger charge is -2.09. The molecule has 11 heteroatoms. The van der Waals surface area contributed by atoms with Gasteiger partial charge in [-0.3, -0.25) is 0 Å². The lowest BCUT2D eigenvalue weighted by molar-refractivity contribution is -0.193. The molecular weight excluding hydrogens is 276 g/mol. The van der Waals surface area contributed by atoms with Crippen molar-refractivity contribution in [1.82, 2.24) is 5.32 Å². The van der Waals surface area contributed by atoms with Crippen molar-refractivity contribution in [2.24, 2.45) is 0 Å². The fourth-order valence-electron chi connectivity index (χ4n) is 0.177. The number of carboxylic acid groups (broad SMARTS) is 2. The number of aliphatic carboxylic acids is 2. The standard InChI is InChI=1S/C3H7N.2C2HF3O2/c1-2-4-3-1;2*3-2(4,5)1(6)7/h4H,1-3H2;2*(H,6,7). The van der Waals surface area contributed by atoms with Crippen LogP contribution in [0.5, 0.6) is 0 Å². The number of alkyl halides is 6. The van der Waals surface area contributed by atoms with Crippen LogP contribution >= 0.6 is 0 Å². The Hall–Kier alpha value is -1.52. The number of hydrogen-bond donors (Lipinski definition) is 3. The summed E-state index contributed by atoms with van der Waals surface area (Å²) in [7, 11) is 0. The second kappa shape index (κ2) is 7.74. The van der Waals surface area contributed by atoms with Gasteiger partial charge in [0.25, 0.3) is 0 Å². The van der Waals surface area contributed by atoms with Crippen molar-refractivity contribution in [3.8, 4) is 0 Å². The molecule has 1 aliphatic heterocycles. The summed E-state index contributed by atoms with van der Waals surface area (Å²) in [5, 5.41) is 17.4. The van der Waals surface area contributed by atoms with Crippen LogP contribution in [-0.2, 0) is 9.59 Å². The Morgan fingerprint density at radius 3 is 0.944 bits per heavy atom. The predicted molar refractivity (Wildman–Crippen MR) is 44.9 cm³/mol. The summed E-state index contributed by atoms with van der Waals surface area (Å²) in [6, 6.07) is 0. The van der Waals surface area contributed by atoms with E-state index in [1.54, 1.807) is 0 Å². The SMILES string of the molecule is C1CNC1.O=C(O)C(F)(F)F.O=C(O)C(F)(F)F. The third-order valence-corrected chi connectivity index (χ3v) is 1.19. The third-order valence-electron chi connectivity index (χ3n) is 1.19. The molecule has 0 aromatic carbocycles. The molecule has 0 bridgehead atoms. The number of halogens is 6. The molecule has 0 atom stereocenters. The molecule has 0 spiro atoms. The molecule has 0 aromatic heterocycles. The quantitative estimate of drug-likeness (QED) is 0.583. The van der Waals surface area contributed by atoms with E-state index in [9.17, 15) is 26.3 Å². The van der Waals surface area contributed by atoms with Crippen LogP contribution < -0.4 is 5.32 Å². The molecule has 1 saturated heterocycles. The summed E-state index contributed by atoms with van der Waals surface area (Å²) >= 11 is 0. The maximum Gasteiger partial charge on any atom is 0.490 e. The van der Waals surface area contributed by atoms with Gasteiger partial charge in [-0.15, -0.1) is 0 Å². The van der Waals surface area contributed by atoms with Crippen molar-refractivity contribution in [1.29, 1.82) is 0 Å². The van der Waals surface area contributed by atoms with Gasteiger partial charge < -0.3 is 15.5 Å². The van der Waals surface area contributed by atoms with E-state index in [2.05, 4.69) is 5.32 Å². The van der Waals surface area contributed by atoms with E-state index < -0.39 is 24.3 Å². The zero-order valence-corrected chi connectivity index (χ0v) is 8.60. The van der Waals surface area contributed by atoms with Crippen molar-refractivity contribution in [3.63, 3.8) is 0 Å². The monoisotopic (exact) mass is 285 g/mol. The van der Waals surface area contributed by atoms with Crippen molar-refractivity contribution in [3.05, 3.63) is 0 Å². The zero-order chi connectivity index (χ0) is 15.0. The fourth-order valence-corrected chi connectivity index (χ4v) is 0.177. The minimum Gasteiger partial charge on any atom is -0.475 e.